The Morgan fingerprint density at radius 3 is 2.34 bits per heavy atom. The Labute approximate surface area is 192 Å². The lowest BCUT2D eigenvalue weighted by Crippen LogP contribution is -2.03. The zero-order valence-corrected chi connectivity index (χ0v) is 19.2. The molecular formula is C21H17BrCl3NO3. The highest BCUT2D eigenvalue weighted by Gasteiger charge is 2.13. The molecule has 0 aliphatic heterocycles. The van der Waals surface area contributed by atoms with Gasteiger partial charge < -0.3 is 19.9 Å². The number of rotatable bonds is 7. The number of ether oxygens (including phenoxy) is 2. The molecule has 0 aliphatic carbocycles. The molecule has 0 aliphatic rings. The fourth-order valence-corrected chi connectivity index (χ4v) is 3.93. The highest BCUT2D eigenvalue weighted by Crippen LogP contribution is 2.38. The van der Waals surface area contributed by atoms with Crippen molar-refractivity contribution >= 4 is 56.4 Å². The Kier molecular flexibility index (Phi) is 7.41. The molecule has 0 spiro atoms. The van der Waals surface area contributed by atoms with Crippen LogP contribution in [0.1, 0.15) is 11.1 Å². The molecule has 0 bridgehead atoms. The number of hydrogen-bond acceptors (Lipinski definition) is 4. The summed E-state index contributed by atoms with van der Waals surface area (Å²) in [4.78, 5) is 0. The van der Waals surface area contributed by atoms with E-state index in [9.17, 15) is 5.11 Å². The second kappa shape index (κ2) is 9.81. The molecule has 3 aromatic carbocycles. The van der Waals surface area contributed by atoms with Crippen LogP contribution in [0.5, 0.6) is 17.2 Å². The summed E-state index contributed by atoms with van der Waals surface area (Å²) in [7, 11) is 1.58. The first kappa shape index (κ1) is 21.9. The van der Waals surface area contributed by atoms with Crippen LogP contribution in [0.2, 0.25) is 15.1 Å². The van der Waals surface area contributed by atoms with Crippen molar-refractivity contribution in [3.8, 4) is 17.2 Å². The zero-order chi connectivity index (χ0) is 21.0. The molecule has 4 nitrogen and oxygen atoms in total. The normalized spacial score (nSPS) is 10.7. The van der Waals surface area contributed by atoms with Crippen LogP contribution in [0.25, 0.3) is 0 Å². The lowest BCUT2D eigenvalue weighted by Gasteiger charge is -2.16. The lowest BCUT2D eigenvalue weighted by atomic mass is 10.2. The van der Waals surface area contributed by atoms with Crippen LogP contribution in [0.3, 0.4) is 0 Å². The van der Waals surface area contributed by atoms with E-state index in [4.69, 9.17) is 44.3 Å². The van der Waals surface area contributed by atoms with E-state index in [1.54, 1.807) is 19.2 Å². The zero-order valence-electron chi connectivity index (χ0n) is 15.3. The summed E-state index contributed by atoms with van der Waals surface area (Å²) in [6.45, 7) is 0.800. The Hall–Kier alpha value is -1.79. The van der Waals surface area contributed by atoms with E-state index in [0.29, 0.717) is 35.4 Å². The molecule has 2 N–H and O–H groups in total. The number of phenolic OH excluding ortho intramolecular Hbond substituents is 1. The van der Waals surface area contributed by atoms with Gasteiger partial charge >= 0.3 is 0 Å². The maximum absolute atomic E-state index is 9.66. The van der Waals surface area contributed by atoms with E-state index in [1.807, 2.05) is 36.4 Å². The summed E-state index contributed by atoms with van der Waals surface area (Å²) in [5.41, 5.74) is 2.51. The van der Waals surface area contributed by atoms with Crippen molar-refractivity contribution in [3.05, 3.63) is 79.2 Å². The van der Waals surface area contributed by atoms with E-state index >= 15 is 0 Å². The number of benzene rings is 3. The summed E-state index contributed by atoms with van der Waals surface area (Å²) < 4.78 is 12.2. The van der Waals surface area contributed by atoms with Crippen molar-refractivity contribution in [2.45, 2.75) is 13.2 Å². The molecule has 0 amide bonds. The van der Waals surface area contributed by atoms with E-state index in [0.717, 1.165) is 15.6 Å². The lowest BCUT2D eigenvalue weighted by molar-refractivity contribution is 0.282. The Bertz CT molecular complexity index is 1010. The minimum atomic E-state index is -0.136. The second-order valence-electron chi connectivity index (χ2n) is 6.13. The fraction of sp³-hybridized carbons (Fsp3) is 0.143. The molecule has 0 fully saturated rings. The van der Waals surface area contributed by atoms with Crippen molar-refractivity contribution in [2.75, 3.05) is 12.4 Å². The van der Waals surface area contributed by atoms with Crippen molar-refractivity contribution in [1.29, 1.82) is 0 Å². The molecule has 0 heterocycles. The van der Waals surface area contributed by atoms with Gasteiger partial charge in [0.15, 0.2) is 17.2 Å². The maximum Gasteiger partial charge on any atom is 0.175 e. The Balaban J connectivity index is 1.75. The quantitative estimate of drug-likeness (QED) is 0.323. The smallest absolute Gasteiger partial charge is 0.175 e. The van der Waals surface area contributed by atoms with Gasteiger partial charge in [0.05, 0.1) is 21.6 Å². The summed E-state index contributed by atoms with van der Waals surface area (Å²) >= 11 is 21.7. The van der Waals surface area contributed by atoms with Crippen LogP contribution in [-0.4, -0.2) is 12.2 Å². The summed E-state index contributed by atoms with van der Waals surface area (Å²) in [6.07, 6.45) is 0. The minimum absolute atomic E-state index is 0.136. The molecule has 0 aromatic heterocycles. The summed E-state index contributed by atoms with van der Waals surface area (Å²) in [6, 6.07) is 14.5. The maximum atomic E-state index is 9.66. The van der Waals surface area contributed by atoms with Gasteiger partial charge in [0.1, 0.15) is 6.61 Å². The third kappa shape index (κ3) is 5.43. The number of phenols is 1. The number of halogens is 4. The highest BCUT2D eigenvalue weighted by molar-refractivity contribution is 9.10. The van der Waals surface area contributed by atoms with Gasteiger partial charge in [0, 0.05) is 22.8 Å². The Morgan fingerprint density at radius 1 is 1.00 bits per heavy atom. The number of hydrogen-bond donors (Lipinski definition) is 2. The molecular weight excluding hydrogens is 500 g/mol. The van der Waals surface area contributed by atoms with Crippen molar-refractivity contribution in [2.24, 2.45) is 0 Å². The van der Waals surface area contributed by atoms with Gasteiger partial charge in [-0.3, -0.25) is 0 Å². The van der Waals surface area contributed by atoms with Crippen LogP contribution in [-0.2, 0) is 13.2 Å². The minimum Gasteiger partial charge on any atom is -0.505 e. The SMILES string of the molecule is COc1cc(CNc2cc(Cl)c(O)c(Cl)c2)cc(Br)c1OCc1ccccc1Cl. The molecule has 0 saturated heterocycles. The largest absolute Gasteiger partial charge is 0.505 e. The molecule has 8 heteroatoms. The van der Waals surface area contributed by atoms with Gasteiger partial charge in [-0.05, 0) is 51.8 Å². The third-order valence-electron chi connectivity index (χ3n) is 4.13. The number of nitrogens with one attached hydrogen (secondary N) is 1. The van der Waals surface area contributed by atoms with Crippen LogP contribution in [0, 0.1) is 0 Å². The number of aromatic hydroxyl groups is 1. The molecule has 0 unspecified atom stereocenters. The van der Waals surface area contributed by atoms with Gasteiger partial charge in [-0.25, -0.2) is 0 Å². The molecule has 29 heavy (non-hydrogen) atoms. The average Bonchev–Trinajstić information content (AvgIpc) is 2.70. The molecule has 3 aromatic rings. The first-order valence-electron chi connectivity index (χ1n) is 8.53. The summed E-state index contributed by atoms with van der Waals surface area (Å²) in [5, 5.41) is 13.9. The van der Waals surface area contributed by atoms with E-state index in [1.165, 1.54) is 0 Å². The van der Waals surface area contributed by atoms with E-state index in [2.05, 4.69) is 21.2 Å². The topological polar surface area (TPSA) is 50.7 Å². The first-order valence-corrected chi connectivity index (χ1v) is 10.5. The number of anilines is 1. The third-order valence-corrected chi connectivity index (χ3v) is 5.67. The molecule has 152 valence electrons. The predicted octanol–water partition coefficient (Wildman–Crippen LogP) is 7.31. The van der Waals surface area contributed by atoms with E-state index < -0.39 is 0 Å². The van der Waals surface area contributed by atoms with Crippen LogP contribution < -0.4 is 14.8 Å². The monoisotopic (exact) mass is 515 g/mol. The van der Waals surface area contributed by atoms with Crippen molar-refractivity contribution < 1.29 is 14.6 Å². The van der Waals surface area contributed by atoms with Crippen LogP contribution in [0.4, 0.5) is 5.69 Å². The summed E-state index contributed by atoms with van der Waals surface area (Å²) in [5.74, 6) is 1.04. The average molecular weight is 518 g/mol. The molecule has 0 radical (unpaired) electrons. The molecule has 0 atom stereocenters. The van der Waals surface area contributed by atoms with Gasteiger partial charge in [-0.15, -0.1) is 0 Å². The standard InChI is InChI=1S/C21H17BrCl3NO3/c1-28-19-7-12(10-26-14-8-17(24)20(27)18(25)9-14)6-15(22)21(19)29-11-13-4-2-3-5-16(13)23/h2-9,26-27H,10-11H2,1H3. The van der Waals surface area contributed by atoms with Crippen LogP contribution >= 0.6 is 50.7 Å². The molecule has 0 saturated carbocycles. The highest BCUT2D eigenvalue weighted by atomic mass is 79.9. The molecule has 3 rings (SSSR count). The fourth-order valence-electron chi connectivity index (χ4n) is 2.65. The predicted molar refractivity (Wildman–Crippen MR) is 122 cm³/mol. The number of methoxy groups -OCH3 is 1. The van der Waals surface area contributed by atoms with Gasteiger partial charge in [0.2, 0.25) is 0 Å². The Morgan fingerprint density at radius 2 is 1.69 bits per heavy atom. The van der Waals surface area contributed by atoms with Gasteiger partial charge in [-0.2, -0.15) is 0 Å². The van der Waals surface area contributed by atoms with Gasteiger partial charge in [-0.1, -0.05) is 53.0 Å². The van der Waals surface area contributed by atoms with Crippen molar-refractivity contribution in [1.82, 2.24) is 0 Å². The van der Waals surface area contributed by atoms with Gasteiger partial charge in [0.25, 0.3) is 0 Å². The first-order chi connectivity index (χ1) is 13.9. The second-order valence-corrected chi connectivity index (χ2v) is 8.21. The van der Waals surface area contributed by atoms with E-state index in [-0.39, 0.29) is 15.8 Å². The van der Waals surface area contributed by atoms with Crippen LogP contribution in [0.15, 0.2) is 53.0 Å². The van der Waals surface area contributed by atoms with Crippen molar-refractivity contribution in [3.63, 3.8) is 0 Å².